The number of hydrogen-bond acceptors (Lipinski definition) is 1. The van der Waals surface area contributed by atoms with E-state index in [0.29, 0.717) is 43.0 Å². The summed E-state index contributed by atoms with van der Waals surface area (Å²) in [4.78, 5) is 12.1. The molecule has 0 spiro atoms. The molecule has 3 saturated carbocycles. The van der Waals surface area contributed by atoms with Gasteiger partial charge in [0.1, 0.15) is 0 Å². The first-order valence-electron chi connectivity index (χ1n) is 10.2. The summed E-state index contributed by atoms with van der Waals surface area (Å²) in [6, 6.07) is 0. The normalized spacial score (nSPS) is 44.2. The molecule has 4 aliphatic rings. The molecule has 0 aromatic carbocycles. The number of halogens is 6. The highest BCUT2D eigenvalue weighted by molar-refractivity contribution is 9.12. The molecule has 0 aromatic heterocycles. The van der Waals surface area contributed by atoms with Gasteiger partial charge in [0, 0.05) is 12.3 Å². The summed E-state index contributed by atoms with van der Waals surface area (Å²) in [5.74, 6) is -6.88. The summed E-state index contributed by atoms with van der Waals surface area (Å²) in [7, 11) is 0. The molecule has 158 valence electrons. The molecule has 4 rings (SSSR count). The van der Waals surface area contributed by atoms with E-state index in [0.717, 1.165) is 12.0 Å². The van der Waals surface area contributed by atoms with Gasteiger partial charge in [0.05, 0.1) is 4.48 Å². The largest absolute Gasteiger partial charge is 0.453 e. The first kappa shape index (κ1) is 20.8. The Labute approximate surface area is 170 Å². The maximum absolute atomic E-state index is 14.5. The van der Waals surface area contributed by atoms with Crippen molar-refractivity contribution in [3.63, 3.8) is 0 Å². The van der Waals surface area contributed by atoms with E-state index in [-0.39, 0.29) is 29.5 Å². The number of alkyl halides is 5. The van der Waals surface area contributed by atoms with Gasteiger partial charge in [-0.1, -0.05) is 13.8 Å². The van der Waals surface area contributed by atoms with E-state index >= 15 is 0 Å². The molecule has 3 fully saturated rings. The van der Waals surface area contributed by atoms with Gasteiger partial charge in [0.25, 0.3) is 0 Å². The van der Waals surface area contributed by atoms with Crippen LogP contribution in [0.2, 0.25) is 0 Å². The van der Waals surface area contributed by atoms with Gasteiger partial charge in [-0.2, -0.15) is 22.0 Å². The quantitative estimate of drug-likeness (QED) is 0.376. The van der Waals surface area contributed by atoms with Gasteiger partial charge in [-0.15, -0.1) is 0 Å². The fourth-order valence-corrected chi connectivity index (χ4v) is 8.18. The lowest BCUT2D eigenvalue weighted by atomic mass is 9.46. The highest BCUT2D eigenvalue weighted by atomic mass is 79.9. The van der Waals surface area contributed by atoms with E-state index < -0.39 is 29.3 Å². The molecule has 0 amide bonds. The second-order valence-corrected chi connectivity index (χ2v) is 10.7. The summed E-state index contributed by atoms with van der Waals surface area (Å²) in [6.07, 6.45) is -1.29. The van der Waals surface area contributed by atoms with Crippen molar-refractivity contribution in [1.29, 1.82) is 0 Å². The van der Waals surface area contributed by atoms with Crippen molar-refractivity contribution in [2.75, 3.05) is 0 Å². The first-order chi connectivity index (χ1) is 12.8. The van der Waals surface area contributed by atoms with Gasteiger partial charge in [-0.3, -0.25) is 4.79 Å². The van der Waals surface area contributed by atoms with Gasteiger partial charge in [0.15, 0.2) is 5.78 Å². The summed E-state index contributed by atoms with van der Waals surface area (Å²) in [6.45, 7) is 4.02. The molecule has 0 radical (unpaired) electrons. The molecule has 7 heteroatoms. The molecule has 0 N–H and O–H groups in total. The van der Waals surface area contributed by atoms with Gasteiger partial charge in [-0.05, 0) is 95.0 Å². The van der Waals surface area contributed by atoms with Crippen LogP contribution in [0.5, 0.6) is 0 Å². The molecular weight excluding hydrogens is 443 g/mol. The average molecular weight is 469 g/mol. The van der Waals surface area contributed by atoms with Crippen LogP contribution in [-0.4, -0.2) is 17.9 Å². The Hall–Kier alpha value is -0.460. The SMILES string of the molecule is C[C@@]12CCC(C(F)(F)C(F)(F)F)[C@H]1[C@@H]1CCC3=C(Br)C(=O)CC[C@]3(C)[C@H]1CC2. The summed E-state index contributed by atoms with van der Waals surface area (Å²) >= 11 is 3.45. The zero-order valence-electron chi connectivity index (χ0n) is 16.1. The van der Waals surface area contributed by atoms with Gasteiger partial charge >= 0.3 is 12.1 Å². The number of carbonyl (C=O) groups is 1. The van der Waals surface area contributed by atoms with E-state index in [4.69, 9.17) is 0 Å². The van der Waals surface area contributed by atoms with Crippen molar-refractivity contribution in [3.8, 4) is 0 Å². The standard InChI is InChI=1S/C21H26BrF5O/c1-18-8-5-12-11(3-4-14-17(22)15(28)7-10-19(12,14)2)16(18)13(6-9-18)20(23,24)21(25,26)27/h11-13,16H,3-10H2,1-2H3/t11-,12+,13?,16-,18-,19-/m1/s1. The monoisotopic (exact) mass is 468 g/mol. The topological polar surface area (TPSA) is 17.1 Å². The number of Topliss-reactive ketones (excluding diaryl/α,β-unsaturated/α-hetero) is 1. The van der Waals surface area contributed by atoms with E-state index in [2.05, 4.69) is 22.9 Å². The molecule has 0 aliphatic heterocycles. The highest BCUT2D eigenvalue weighted by Crippen LogP contribution is 2.69. The minimum Gasteiger partial charge on any atom is -0.294 e. The van der Waals surface area contributed by atoms with Gasteiger partial charge < -0.3 is 0 Å². The third-order valence-corrected chi connectivity index (χ3v) is 9.65. The molecular formula is C21H26BrF5O. The molecule has 0 bridgehead atoms. The fraction of sp³-hybridized carbons (Fsp3) is 0.857. The Balaban J connectivity index is 1.74. The lowest BCUT2D eigenvalue weighted by Crippen LogP contribution is -2.55. The van der Waals surface area contributed by atoms with Crippen LogP contribution in [0.4, 0.5) is 22.0 Å². The number of hydrogen-bond donors (Lipinski definition) is 0. The molecule has 0 heterocycles. The summed E-state index contributed by atoms with van der Waals surface area (Å²) in [5, 5.41) is 0. The smallest absolute Gasteiger partial charge is 0.294 e. The van der Waals surface area contributed by atoms with Crippen molar-refractivity contribution in [2.24, 2.45) is 34.5 Å². The third kappa shape index (κ3) is 2.70. The van der Waals surface area contributed by atoms with Crippen molar-refractivity contribution in [3.05, 3.63) is 10.1 Å². The van der Waals surface area contributed by atoms with Crippen LogP contribution in [0.15, 0.2) is 10.1 Å². The summed E-state index contributed by atoms with van der Waals surface area (Å²) < 4.78 is 69.3. The third-order valence-electron chi connectivity index (χ3n) is 8.73. The van der Waals surface area contributed by atoms with Crippen LogP contribution in [0.3, 0.4) is 0 Å². The number of allylic oxidation sites excluding steroid dienone is 1. The number of ketones is 1. The second kappa shape index (κ2) is 6.27. The van der Waals surface area contributed by atoms with E-state index in [1.54, 1.807) is 0 Å². The van der Waals surface area contributed by atoms with Crippen LogP contribution in [0, 0.1) is 34.5 Å². The van der Waals surface area contributed by atoms with Crippen LogP contribution in [0.25, 0.3) is 0 Å². The maximum Gasteiger partial charge on any atom is 0.453 e. The maximum atomic E-state index is 14.5. The lowest BCUT2D eigenvalue weighted by molar-refractivity contribution is -0.312. The van der Waals surface area contributed by atoms with Crippen LogP contribution >= 0.6 is 15.9 Å². The van der Waals surface area contributed by atoms with Gasteiger partial charge in [0.2, 0.25) is 0 Å². The van der Waals surface area contributed by atoms with Crippen LogP contribution in [0.1, 0.15) is 65.2 Å². The fourth-order valence-electron chi connectivity index (χ4n) is 7.33. The lowest BCUT2D eigenvalue weighted by Gasteiger charge is -2.58. The first-order valence-corrected chi connectivity index (χ1v) is 11.0. The minimum atomic E-state index is -5.50. The second-order valence-electron chi connectivity index (χ2n) is 9.93. The van der Waals surface area contributed by atoms with E-state index in [9.17, 15) is 26.7 Å². The molecule has 28 heavy (non-hydrogen) atoms. The van der Waals surface area contributed by atoms with Crippen molar-refractivity contribution in [1.82, 2.24) is 0 Å². The van der Waals surface area contributed by atoms with Crippen molar-refractivity contribution >= 4 is 21.7 Å². The Bertz CT molecular complexity index is 729. The Morgan fingerprint density at radius 2 is 1.61 bits per heavy atom. The molecule has 1 nitrogen and oxygen atoms in total. The predicted octanol–water partition coefficient (Wildman–Crippen LogP) is 7.05. The minimum absolute atomic E-state index is 0.0571. The van der Waals surface area contributed by atoms with Crippen molar-refractivity contribution in [2.45, 2.75) is 77.3 Å². The Kier molecular flexibility index (Phi) is 4.66. The number of fused-ring (bicyclic) bond motifs is 5. The van der Waals surface area contributed by atoms with E-state index in [1.165, 1.54) is 0 Å². The number of rotatable bonds is 1. The molecule has 0 aromatic rings. The molecule has 4 aliphatic carbocycles. The zero-order chi connectivity index (χ0) is 20.7. The van der Waals surface area contributed by atoms with Gasteiger partial charge in [-0.25, -0.2) is 0 Å². The zero-order valence-corrected chi connectivity index (χ0v) is 17.7. The average Bonchev–Trinajstić information content (AvgIpc) is 2.96. The Morgan fingerprint density at radius 3 is 2.25 bits per heavy atom. The van der Waals surface area contributed by atoms with Crippen LogP contribution < -0.4 is 0 Å². The van der Waals surface area contributed by atoms with Crippen LogP contribution in [-0.2, 0) is 4.79 Å². The Morgan fingerprint density at radius 1 is 0.964 bits per heavy atom. The summed E-state index contributed by atoms with van der Waals surface area (Å²) in [5.41, 5.74) is 0.336. The molecule has 1 unspecified atom stereocenters. The van der Waals surface area contributed by atoms with Crippen molar-refractivity contribution < 1.29 is 26.7 Å². The predicted molar refractivity (Wildman–Crippen MR) is 99.1 cm³/mol. The molecule has 6 atom stereocenters. The highest BCUT2D eigenvalue weighted by Gasteiger charge is 2.70. The number of carbonyl (C=O) groups excluding carboxylic acids is 1. The molecule has 0 saturated heterocycles. The van der Waals surface area contributed by atoms with E-state index in [1.807, 2.05) is 6.92 Å².